The van der Waals surface area contributed by atoms with Crippen LogP contribution in [0.2, 0.25) is 0 Å². The molecule has 2 amide bonds. The smallest absolute Gasteiger partial charge is 0.255 e. The highest BCUT2D eigenvalue weighted by atomic mass is 79.9. The summed E-state index contributed by atoms with van der Waals surface area (Å²) in [5.41, 5.74) is 0.264. The Morgan fingerprint density at radius 2 is 2.17 bits per heavy atom. The van der Waals surface area contributed by atoms with Crippen LogP contribution in [0.15, 0.2) is 22.7 Å². The standard InChI is InChI=1S/C17H24BrN3O3/c1-20(2)17(24)14-5-3-9-21(14)10-4-8-19-16(23)13-7-6-12(18)11-15(13)22/h6-7,11,14,22H,3-5,8-10H2,1-2H3,(H,19,23). The van der Waals surface area contributed by atoms with Gasteiger partial charge in [-0.3, -0.25) is 14.5 Å². The van der Waals surface area contributed by atoms with E-state index in [-0.39, 0.29) is 29.2 Å². The Morgan fingerprint density at radius 1 is 1.42 bits per heavy atom. The van der Waals surface area contributed by atoms with Crippen molar-refractivity contribution < 1.29 is 14.7 Å². The Morgan fingerprint density at radius 3 is 2.83 bits per heavy atom. The minimum Gasteiger partial charge on any atom is -0.507 e. The van der Waals surface area contributed by atoms with Gasteiger partial charge in [-0.05, 0) is 44.0 Å². The summed E-state index contributed by atoms with van der Waals surface area (Å²) in [4.78, 5) is 28.0. The van der Waals surface area contributed by atoms with Gasteiger partial charge in [-0.15, -0.1) is 0 Å². The van der Waals surface area contributed by atoms with Crippen molar-refractivity contribution in [2.45, 2.75) is 25.3 Å². The third-order valence-corrected chi connectivity index (χ3v) is 4.69. The number of carbonyl (C=O) groups is 2. The molecule has 7 heteroatoms. The molecule has 132 valence electrons. The molecule has 1 aliphatic heterocycles. The van der Waals surface area contributed by atoms with Crippen molar-refractivity contribution in [1.82, 2.24) is 15.1 Å². The molecule has 24 heavy (non-hydrogen) atoms. The van der Waals surface area contributed by atoms with Crippen molar-refractivity contribution in [1.29, 1.82) is 0 Å². The number of amides is 2. The fourth-order valence-corrected chi connectivity index (χ4v) is 3.30. The lowest BCUT2D eigenvalue weighted by atomic mass is 10.2. The third-order valence-electron chi connectivity index (χ3n) is 4.20. The Bertz CT molecular complexity index is 607. The van der Waals surface area contributed by atoms with E-state index < -0.39 is 0 Å². The first-order valence-corrected chi connectivity index (χ1v) is 8.91. The molecule has 1 aromatic rings. The molecule has 1 saturated heterocycles. The molecule has 0 radical (unpaired) electrons. The van der Waals surface area contributed by atoms with Gasteiger partial charge in [0.25, 0.3) is 5.91 Å². The van der Waals surface area contributed by atoms with Crippen LogP contribution >= 0.6 is 15.9 Å². The molecule has 1 aliphatic rings. The number of likely N-dealkylation sites (tertiary alicyclic amines) is 1. The second kappa shape index (κ2) is 8.48. The number of nitrogens with one attached hydrogen (secondary N) is 1. The lowest BCUT2D eigenvalue weighted by molar-refractivity contribution is -0.133. The molecule has 2 N–H and O–H groups in total. The molecule has 0 bridgehead atoms. The maximum Gasteiger partial charge on any atom is 0.255 e. The Hall–Kier alpha value is -1.60. The van der Waals surface area contributed by atoms with Crippen molar-refractivity contribution in [3.05, 3.63) is 28.2 Å². The Labute approximate surface area is 150 Å². The lowest BCUT2D eigenvalue weighted by Gasteiger charge is -2.26. The van der Waals surface area contributed by atoms with Crippen LogP contribution in [-0.4, -0.2) is 66.5 Å². The van der Waals surface area contributed by atoms with Crippen molar-refractivity contribution in [3.63, 3.8) is 0 Å². The molecule has 1 atom stereocenters. The largest absolute Gasteiger partial charge is 0.507 e. The van der Waals surface area contributed by atoms with Crippen LogP contribution in [-0.2, 0) is 4.79 Å². The molecule has 0 saturated carbocycles. The summed E-state index contributed by atoms with van der Waals surface area (Å²) in [6, 6.07) is 4.76. The predicted octanol–water partition coefficient (Wildman–Crippen LogP) is 1.83. The van der Waals surface area contributed by atoms with Crippen molar-refractivity contribution in [2.75, 3.05) is 33.7 Å². The predicted molar refractivity (Wildman–Crippen MR) is 96.0 cm³/mol. The number of aromatic hydroxyl groups is 1. The molecule has 6 nitrogen and oxygen atoms in total. The van der Waals surface area contributed by atoms with E-state index in [1.807, 2.05) is 0 Å². The van der Waals surface area contributed by atoms with Crippen LogP contribution in [0.25, 0.3) is 0 Å². The fourth-order valence-electron chi connectivity index (χ4n) is 2.95. The summed E-state index contributed by atoms with van der Waals surface area (Å²) in [7, 11) is 3.56. The highest BCUT2D eigenvalue weighted by molar-refractivity contribution is 9.10. The van der Waals surface area contributed by atoms with Crippen LogP contribution in [0.4, 0.5) is 0 Å². The number of benzene rings is 1. The van der Waals surface area contributed by atoms with E-state index in [1.54, 1.807) is 31.1 Å². The molecule has 1 heterocycles. The monoisotopic (exact) mass is 397 g/mol. The Kier molecular flexibility index (Phi) is 6.62. The third kappa shape index (κ3) is 4.70. The van der Waals surface area contributed by atoms with Gasteiger partial charge in [0.1, 0.15) is 5.75 Å². The first-order valence-electron chi connectivity index (χ1n) is 8.12. The highest BCUT2D eigenvalue weighted by Gasteiger charge is 2.30. The molecule has 0 aromatic heterocycles. The highest BCUT2D eigenvalue weighted by Crippen LogP contribution is 2.22. The number of likely N-dealkylation sites (N-methyl/N-ethyl adjacent to an activating group) is 1. The summed E-state index contributed by atoms with van der Waals surface area (Å²) in [5, 5.41) is 12.6. The van der Waals surface area contributed by atoms with Crippen LogP contribution < -0.4 is 5.32 Å². The van der Waals surface area contributed by atoms with Gasteiger partial charge in [0.2, 0.25) is 5.91 Å². The number of hydrogen-bond donors (Lipinski definition) is 2. The van der Waals surface area contributed by atoms with Crippen molar-refractivity contribution in [2.24, 2.45) is 0 Å². The van der Waals surface area contributed by atoms with Crippen LogP contribution in [0.1, 0.15) is 29.6 Å². The van der Waals surface area contributed by atoms with Crippen molar-refractivity contribution in [3.8, 4) is 5.75 Å². The number of halogens is 1. The maximum absolute atomic E-state index is 12.1. The van der Waals surface area contributed by atoms with Crippen molar-refractivity contribution >= 4 is 27.7 Å². The quantitative estimate of drug-likeness (QED) is 0.718. The van der Waals surface area contributed by atoms with Crippen LogP contribution in [0.3, 0.4) is 0 Å². The average Bonchev–Trinajstić information content (AvgIpc) is 2.98. The van der Waals surface area contributed by atoms with E-state index in [0.29, 0.717) is 6.54 Å². The number of nitrogens with zero attached hydrogens (tertiary/aromatic N) is 2. The fraction of sp³-hybridized carbons (Fsp3) is 0.529. The number of carbonyl (C=O) groups excluding carboxylic acids is 2. The summed E-state index contributed by atoms with van der Waals surface area (Å²) in [6.07, 6.45) is 2.69. The molecule has 1 fully saturated rings. The summed E-state index contributed by atoms with van der Waals surface area (Å²) in [5.74, 6) is -0.184. The van der Waals surface area contributed by atoms with E-state index >= 15 is 0 Å². The van der Waals surface area contributed by atoms with E-state index in [0.717, 1.165) is 36.8 Å². The Balaban J connectivity index is 1.78. The molecular formula is C17H24BrN3O3. The van der Waals surface area contributed by atoms with Crippen LogP contribution in [0, 0.1) is 0 Å². The number of phenolic OH excluding ortho intramolecular Hbond substituents is 1. The average molecular weight is 398 g/mol. The van der Waals surface area contributed by atoms with Gasteiger partial charge >= 0.3 is 0 Å². The summed E-state index contributed by atoms with van der Waals surface area (Å²) >= 11 is 3.25. The topological polar surface area (TPSA) is 72.9 Å². The van der Waals surface area contributed by atoms with E-state index in [2.05, 4.69) is 26.1 Å². The molecular weight excluding hydrogens is 374 g/mol. The maximum atomic E-state index is 12.1. The van der Waals surface area contributed by atoms with Gasteiger partial charge in [0.05, 0.1) is 11.6 Å². The zero-order valence-corrected chi connectivity index (χ0v) is 15.7. The van der Waals surface area contributed by atoms with Gasteiger partial charge < -0.3 is 15.3 Å². The van der Waals surface area contributed by atoms with Gasteiger partial charge in [-0.1, -0.05) is 15.9 Å². The van der Waals surface area contributed by atoms with E-state index in [9.17, 15) is 14.7 Å². The summed E-state index contributed by atoms with van der Waals surface area (Å²) in [6.45, 7) is 2.20. The van der Waals surface area contributed by atoms with E-state index in [1.165, 1.54) is 6.07 Å². The molecule has 0 spiro atoms. The van der Waals surface area contributed by atoms with Gasteiger partial charge in [-0.2, -0.15) is 0 Å². The minimum atomic E-state index is -0.290. The van der Waals surface area contributed by atoms with Gasteiger partial charge in [0.15, 0.2) is 0 Å². The molecule has 1 unspecified atom stereocenters. The van der Waals surface area contributed by atoms with Gasteiger partial charge in [0, 0.05) is 31.7 Å². The second-order valence-corrected chi connectivity index (χ2v) is 7.11. The normalized spacial score (nSPS) is 17.7. The molecule has 0 aliphatic carbocycles. The zero-order chi connectivity index (χ0) is 17.7. The number of hydrogen-bond acceptors (Lipinski definition) is 4. The number of rotatable bonds is 6. The van der Waals surface area contributed by atoms with Gasteiger partial charge in [-0.25, -0.2) is 0 Å². The second-order valence-electron chi connectivity index (χ2n) is 6.20. The van der Waals surface area contributed by atoms with Crippen LogP contribution in [0.5, 0.6) is 5.75 Å². The number of phenols is 1. The molecule has 1 aromatic carbocycles. The minimum absolute atomic E-state index is 0.0359. The van der Waals surface area contributed by atoms with E-state index in [4.69, 9.17) is 0 Å². The SMILES string of the molecule is CN(C)C(=O)C1CCCN1CCCNC(=O)c1ccc(Br)cc1O. The molecule has 2 rings (SSSR count). The lowest BCUT2D eigenvalue weighted by Crippen LogP contribution is -2.43. The first-order chi connectivity index (χ1) is 11.4. The first kappa shape index (κ1) is 18.7. The zero-order valence-electron chi connectivity index (χ0n) is 14.1. The summed E-state index contributed by atoms with van der Waals surface area (Å²) < 4.78 is 0.724.